The van der Waals surface area contributed by atoms with Crippen LogP contribution in [0.3, 0.4) is 0 Å². The van der Waals surface area contributed by atoms with Gasteiger partial charge in [-0.1, -0.05) is 6.07 Å². The Hall–Kier alpha value is -3.37. The number of carbonyl (C=O) groups excluding carboxylic acids is 2. The number of rotatable bonds is 2. The van der Waals surface area contributed by atoms with Crippen LogP contribution in [0.4, 0.5) is 18.9 Å². The maximum Gasteiger partial charge on any atom is 0.490 e. The van der Waals surface area contributed by atoms with Gasteiger partial charge in [0.05, 0.1) is 12.5 Å². The normalized spacial score (nSPS) is 20.5. The molecule has 2 amide bonds. The molecule has 11 heteroatoms. The van der Waals surface area contributed by atoms with E-state index in [0.717, 1.165) is 12.1 Å². The lowest BCUT2D eigenvalue weighted by Crippen LogP contribution is -2.34. The molecule has 8 nitrogen and oxygen atoms in total. The maximum absolute atomic E-state index is 12.6. The number of hydrogen-bond donors (Lipinski definition) is 2. The molecular weight excluding hydrogens is 429 g/mol. The van der Waals surface area contributed by atoms with Gasteiger partial charge in [-0.2, -0.15) is 13.2 Å². The van der Waals surface area contributed by atoms with Crippen molar-refractivity contribution in [2.75, 3.05) is 24.5 Å². The molecule has 0 saturated carbocycles. The summed E-state index contributed by atoms with van der Waals surface area (Å²) in [5, 5.41) is 7.12. The number of alkyl halides is 3. The van der Waals surface area contributed by atoms with Crippen molar-refractivity contribution in [1.29, 1.82) is 0 Å². The number of nitrogens with zero attached hydrogens (tertiary/aromatic N) is 3. The standard InChI is InChI=1S/C19H22N4O2.C2HF3O2/c1-13-3-4-15(7-14(13)2)23-11-19(8-17(23)24)5-6-22(10-19)18(25)16-9-20-12-21-16;3-2(4,5)1(6)7/h3-4,7,9,12H,5-6,8,10-11H2,1-2H3,(H,20,21);(H,6,7). The summed E-state index contributed by atoms with van der Waals surface area (Å²) in [4.78, 5) is 44.6. The Balaban J connectivity index is 0.000000360. The zero-order valence-electron chi connectivity index (χ0n) is 17.6. The zero-order valence-corrected chi connectivity index (χ0v) is 17.6. The number of nitrogens with one attached hydrogen (secondary N) is 1. The first-order chi connectivity index (χ1) is 14.9. The molecule has 1 unspecified atom stereocenters. The highest BCUT2D eigenvalue weighted by molar-refractivity contribution is 5.97. The van der Waals surface area contributed by atoms with Crippen molar-refractivity contribution in [2.45, 2.75) is 32.9 Å². The average molecular weight is 452 g/mol. The largest absolute Gasteiger partial charge is 0.490 e. The van der Waals surface area contributed by atoms with Gasteiger partial charge in [-0.25, -0.2) is 9.78 Å². The molecule has 3 heterocycles. The van der Waals surface area contributed by atoms with Crippen molar-refractivity contribution >= 4 is 23.5 Å². The van der Waals surface area contributed by atoms with Crippen molar-refractivity contribution in [2.24, 2.45) is 5.41 Å². The molecule has 2 aliphatic rings. The van der Waals surface area contributed by atoms with E-state index in [0.29, 0.717) is 31.7 Å². The third-order valence-electron chi connectivity index (χ3n) is 5.82. The van der Waals surface area contributed by atoms with Crippen LogP contribution in [-0.4, -0.2) is 63.6 Å². The second-order valence-electron chi connectivity index (χ2n) is 8.17. The number of halogens is 3. The quantitative estimate of drug-likeness (QED) is 0.729. The van der Waals surface area contributed by atoms with Gasteiger partial charge in [0, 0.05) is 37.2 Å². The van der Waals surface area contributed by atoms with Crippen LogP contribution in [0.25, 0.3) is 0 Å². The summed E-state index contributed by atoms with van der Waals surface area (Å²) in [5.74, 6) is -2.64. The minimum atomic E-state index is -5.08. The van der Waals surface area contributed by atoms with E-state index in [-0.39, 0.29) is 17.2 Å². The van der Waals surface area contributed by atoms with Crippen LogP contribution in [0.5, 0.6) is 0 Å². The van der Waals surface area contributed by atoms with Crippen LogP contribution in [0.1, 0.15) is 34.5 Å². The molecule has 1 aromatic heterocycles. The minimum absolute atomic E-state index is 0.0357. The van der Waals surface area contributed by atoms with Gasteiger partial charge in [0.1, 0.15) is 5.69 Å². The number of carbonyl (C=O) groups is 3. The number of anilines is 1. The number of aromatic nitrogens is 2. The fourth-order valence-electron chi connectivity index (χ4n) is 3.95. The summed E-state index contributed by atoms with van der Waals surface area (Å²) < 4.78 is 31.7. The molecule has 4 rings (SSSR count). The average Bonchev–Trinajstić information content (AvgIpc) is 3.44. The Morgan fingerprint density at radius 1 is 1.19 bits per heavy atom. The van der Waals surface area contributed by atoms with E-state index in [1.54, 1.807) is 6.20 Å². The van der Waals surface area contributed by atoms with Crippen LogP contribution < -0.4 is 4.90 Å². The highest BCUT2D eigenvalue weighted by Crippen LogP contribution is 2.42. The second kappa shape index (κ2) is 8.64. The Morgan fingerprint density at radius 3 is 2.44 bits per heavy atom. The van der Waals surface area contributed by atoms with E-state index in [4.69, 9.17) is 9.90 Å². The summed E-state index contributed by atoms with van der Waals surface area (Å²) in [6.45, 7) is 6.13. The number of H-pyrrole nitrogens is 1. The Bertz CT molecular complexity index is 1020. The first-order valence-corrected chi connectivity index (χ1v) is 9.87. The number of imidazole rings is 1. The van der Waals surface area contributed by atoms with E-state index >= 15 is 0 Å². The van der Waals surface area contributed by atoms with Gasteiger partial charge < -0.3 is 19.9 Å². The van der Waals surface area contributed by atoms with E-state index in [2.05, 4.69) is 35.9 Å². The number of likely N-dealkylation sites (tertiary alicyclic amines) is 1. The molecule has 172 valence electrons. The number of aliphatic carboxylic acids is 1. The number of benzene rings is 1. The van der Waals surface area contributed by atoms with Gasteiger partial charge in [0.2, 0.25) is 5.91 Å². The Morgan fingerprint density at radius 2 is 1.88 bits per heavy atom. The highest BCUT2D eigenvalue weighted by atomic mass is 19.4. The minimum Gasteiger partial charge on any atom is -0.475 e. The summed E-state index contributed by atoms with van der Waals surface area (Å²) in [6, 6.07) is 6.15. The third kappa shape index (κ3) is 4.92. The van der Waals surface area contributed by atoms with Gasteiger partial charge in [-0.05, 0) is 43.5 Å². The van der Waals surface area contributed by atoms with Crippen molar-refractivity contribution in [3.8, 4) is 0 Å². The maximum atomic E-state index is 12.6. The Labute approximate surface area is 182 Å². The highest BCUT2D eigenvalue weighted by Gasteiger charge is 2.49. The van der Waals surface area contributed by atoms with Crippen molar-refractivity contribution < 1.29 is 32.7 Å². The number of carboxylic acids is 1. The molecule has 0 radical (unpaired) electrons. The second-order valence-corrected chi connectivity index (χ2v) is 8.17. The Kier molecular flexibility index (Phi) is 6.29. The van der Waals surface area contributed by atoms with Gasteiger partial charge in [-0.3, -0.25) is 9.59 Å². The molecule has 0 bridgehead atoms. The molecule has 1 atom stereocenters. The number of aromatic amines is 1. The SMILES string of the molecule is Cc1ccc(N2CC3(CCN(C(=O)c4cnc[nH]4)C3)CC2=O)cc1C.O=C(O)C(F)(F)F. The lowest BCUT2D eigenvalue weighted by atomic mass is 9.86. The number of amides is 2. The first-order valence-electron chi connectivity index (χ1n) is 9.87. The van der Waals surface area contributed by atoms with Crippen LogP contribution in [0.2, 0.25) is 0 Å². The molecule has 2 fully saturated rings. The predicted molar refractivity (Wildman–Crippen MR) is 108 cm³/mol. The van der Waals surface area contributed by atoms with Crippen molar-refractivity contribution in [3.63, 3.8) is 0 Å². The van der Waals surface area contributed by atoms with Crippen LogP contribution in [-0.2, 0) is 9.59 Å². The first kappa shape index (κ1) is 23.3. The molecule has 2 N–H and O–H groups in total. The van der Waals surface area contributed by atoms with E-state index in [1.807, 2.05) is 15.9 Å². The molecule has 1 spiro atoms. The molecule has 2 saturated heterocycles. The van der Waals surface area contributed by atoms with Gasteiger partial charge in [0.25, 0.3) is 5.91 Å². The summed E-state index contributed by atoms with van der Waals surface area (Å²) in [5.41, 5.74) is 3.75. The van der Waals surface area contributed by atoms with Crippen molar-refractivity contribution in [1.82, 2.24) is 14.9 Å². The zero-order chi connectivity index (χ0) is 23.7. The molecule has 0 aliphatic carbocycles. The third-order valence-corrected chi connectivity index (χ3v) is 5.82. The topological polar surface area (TPSA) is 107 Å². The van der Waals surface area contributed by atoms with Crippen LogP contribution in [0.15, 0.2) is 30.7 Å². The van der Waals surface area contributed by atoms with E-state index in [1.165, 1.54) is 17.5 Å². The van der Waals surface area contributed by atoms with Crippen LogP contribution >= 0.6 is 0 Å². The monoisotopic (exact) mass is 452 g/mol. The molecular formula is C21H23F3N4O4. The summed E-state index contributed by atoms with van der Waals surface area (Å²) >= 11 is 0. The number of aryl methyl sites for hydroxylation is 2. The lowest BCUT2D eigenvalue weighted by Gasteiger charge is -2.24. The van der Waals surface area contributed by atoms with Crippen molar-refractivity contribution in [3.05, 3.63) is 47.5 Å². The summed E-state index contributed by atoms with van der Waals surface area (Å²) in [7, 11) is 0. The number of carboxylic acid groups (broad SMARTS) is 1. The molecule has 1 aromatic carbocycles. The van der Waals surface area contributed by atoms with Gasteiger partial charge >= 0.3 is 12.1 Å². The summed E-state index contributed by atoms with van der Waals surface area (Å²) in [6.07, 6.45) is -0.652. The van der Waals surface area contributed by atoms with E-state index in [9.17, 15) is 22.8 Å². The van der Waals surface area contributed by atoms with E-state index < -0.39 is 12.1 Å². The smallest absolute Gasteiger partial charge is 0.475 e. The lowest BCUT2D eigenvalue weighted by molar-refractivity contribution is -0.192. The predicted octanol–water partition coefficient (Wildman–Crippen LogP) is 2.93. The molecule has 2 aliphatic heterocycles. The number of hydrogen-bond acceptors (Lipinski definition) is 4. The van der Waals surface area contributed by atoms with Gasteiger partial charge in [0.15, 0.2) is 0 Å². The molecule has 2 aromatic rings. The molecule has 32 heavy (non-hydrogen) atoms. The fourth-order valence-corrected chi connectivity index (χ4v) is 3.95. The fraction of sp³-hybridized carbons (Fsp3) is 0.429. The van der Waals surface area contributed by atoms with Crippen LogP contribution in [0, 0.1) is 19.3 Å². The van der Waals surface area contributed by atoms with Gasteiger partial charge in [-0.15, -0.1) is 0 Å².